The van der Waals surface area contributed by atoms with Crippen molar-refractivity contribution in [2.45, 2.75) is 13.5 Å². The van der Waals surface area contributed by atoms with Crippen LogP contribution in [-0.2, 0) is 13.6 Å². The summed E-state index contributed by atoms with van der Waals surface area (Å²) >= 11 is 1.66. The summed E-state index contributed by atoms with van der Waals surface area (Å²) < 4.78 is 3.09. The van der Waals surface area contributed by atoms with Crippen LogP contribution in [0.15, 0.2) is 41.8 Å². The van der Waals surface area contributed by atoms with Gasteiger partial charge in [0.2, 0.25) is 0 Å². The van der Waals surface area contributed by atoms with E-state index < -0.39 is 0 Å². The van der Waals surface area contributed by atoms with E-state index in [0.717, 1.165) is 15.8 Å². The maximum Gasteiger partial charge on any atom is 0.268 e. The number of hydrogen-bond acceptors (Lipinski definition) is 2. The van der Waals surface area contributed by atoms with Crippen LogP contribution in [0.25, 0.3) is 10.2 Å². The van der Waals surface area contributed by atoms with Crippen LogP contribution in [0.1, 0.15) is 21.6 Å². The number of fused-ring (bicyclic) bond motifs is 1. The number of nitrogens with one attached hydrogen (secondary N) is 1. The van der Waals surface area contributed by atoms with Gasteiger partial charge in [0.05, 0.1) is 10.2 Å². The van der Waals surface area contributed by atoms with Crippen molar-refractivity contribution in [1.29, 1.82) is 0 Å². The molecule has 3 nitrogen and oxygen atoms in total. The van der Waals surface area contributed by atoms with Gasteiger partial charge in [0.25, 0.3) is 5.91 Å². The quantitative estimate of drug-likeness (QED) is 0.785. The Hall–Kier alpha value is -2.07. The summed E-state index contributed by atoms with van der Waals surface area (Å²) in [4.78, 5) is 12.3. The summed E-state index contributed by atoms with van der Waals surface area (Å²) in [7, 11) is 1.93. The van der Waals surface area contributed by atoms with E-state index in [1.54, 1.807) is 11.3 Å². The van der Waals surface area contributed by atoms with Crippen LogP contribution in [0.5, 0.6) is 0 Å². The Bertz CT molecular complexity index is 770. The highest BCUT2D eigenvalue weighted by molar-refractivity contribution is 7.17. The molecule has 0 radical (unpaired) electrons. The highest BCUT2D eigenvalue weighted by Crippen LogP contribution is 2.24. The summed E-state index contributed by atoms with van der Waals surface area (Å²) in [5.41, 5.74) is 4.14. The third kappa shape index (κ3) is 2.34. The smallest absolute Gasteiger partial charge is 0.268 e. The molecule has 20 heavy (non-hydrogen) atoms. The predicted molar refractivity (Wildman–Crippen MR) is 83.1 cm³/mol. The van der Waals surface area contributed by atoms with Crippen LogP contribution in [0, 0.1) is 6.92 Å². The van der Waals surface area contributed by atoms with E-state index in [0.29, 0.717) is 12.2 Å². The molecule has 3 rings (SSSR count). The summed E-state index contributed by atoms with van der Waals surface area (Å²) in [5, 5.41) is 5.02. The molecule has 0 unspecified atom stereocenters. The zero-order valence-corrected chi connectivity index (χ0v) is 12.3. The molecule has 0 saturated heterocycles. The first-order valence-electron chi connectivity index (χ1n) is 6.52. The fourth-order valence-corrected chi connectivity index (χ4v) is 3.21. The number of carbonyl (C=O) groups excluding carboxylic acids is 1. The number of thiophene rings is 1. The van der Waals surface area contributed by atoms with E-state index in [-0.39, 0.29) is 5.91 Å². The number of aromatic nitrogens is 1. The fraction of sp³-hybridized carbons (Fsp3) is 0.188. The Kier molecular flexibility index (Phi) is 3.32. The van der Waals surface area contributed by atoms with Crippen molar-refractivity contribution in [2.75, 3.05) is 0 Å². The Morgan fingerprint density at radius 2 is 2.15 bits per heavy atom. The number of aryl methyl sites for hydroxylation is 2. The normalized spacial score (nSPS) is 10.9. The third-order valence-electron chi connectivity index (χ3n) is 3.43. The molecule has 3 aromatic rings. The Morgan fingerprint density at radius 1 is 1.30 bits per heavy atom. The zero-order valence-electron chi connectivity index (χ0n) is 11.5. The number of hydrogen-bond donors (Lipinski definition) is 1. The van der Waals surface area contributed by atoms with E-state index in [9.17, 15) is 4.79 Å². The first kappa shape index (κ1) is 12.9. The highest BCUT2D eigenvalue weighted by Gasteiger charge is 2.13. The van der Waals surface area contributed by atoms with Crippen LogP contribution >= 0.6 is 11.3 Å². The number of carbonyl (C=O) groups is 1. The molecule has 2 heterocycles. The highest BCUT2D eigenvalue weighted by atomic mass is 32.1. The molecule has 0 spiro atoms. The molecule has 0 aliphatic heterocycles. The minimum absolute atomic E-state index is 0.0302. The van der Waals surface area contributed by atoms with Gasteiger partial charge in [-0.1, -0.05) is 29.8 Å². The van der Waals surface area contributed by atoms with E-state index in [2.05, 4.69) is 24.4 Å². The van der Waals surface area contributed by atoms with Crippen LogP contribution in [0.4, 0.5) is 0 Å². The van der Waals surface area contributed by atoms with E-state index in [4.69, 9.17) is 0 Å². The molecule has 1 N–H and O–H groups in total. The minimum atomic E-state index is -0.0302. The molecule has 1 amide bonds. The van der Waals surface area contributed by atoms with Gasteiger partial charge in [-0.15, -0.1) is 11.3 Å². The van der Waals surface area contributed by atoms with Gasteiger partial charge >= 0.3 is 0 Å². The van der Waals surface area contributed by atoms with Crippen molar-refractivity contribution in [3.05, 3.63) is 58.6 Å². The Balaban J connectivity index is 1.76. The van der Waals surface area contributed by atoms with Gasteiger partial charge in [-0.3, -0.25) is 4.79 Å². The molecule has 1 aromatic carbocycles. The molecule has 0 aliphatic rings. The summed E-state index contributed by atoms with van der Waals surface area (Å²) in [6, 6.07) is 12.2. The molecule has 0 atom stereocenters. The lowest BCUT2D eigenvalue weighted by atomic mass is 10.1. The second-order valence-electron chi connectivity index (χ2n) is 4.93. The van der Waals surface area contributed by atoms with Gasteiger partial charge in [-0.25, -0.2) is 0 Å². The summed E-state index contributed by atoms with van der Waals surface area (Å²) in [6.07, 6.45) is 0. The van der Waals surface area contributed by atoms with Crippen molar-refractivity contribution in [3.63, 3.8) is 0 Å². The molecule has 0 fully saturated rings. The first-order chi connectivity index (χ1) is 9.65. The maximum atomic E-state index is 12.3. The second-order valence-corrected chi connectivity index (χ2v) is 5.88. The minimum Gasteiger partial charge on any atom is -0.347 e. The lowest BCUT2D eigenvalue weighted by Gasteiger charge is -2.07. The lowest BCUT2D eigenvalue weighted by molar-refractivity contribution is 0.0943. The van der Waals surface area contributed by atoms with Crippen molar-refractivity contribution in [2.24, 2.45) is 7.05 Å². The van der Waals surface area contributed by atoms with Crippen LogP contribution in [-0.4, -0.2) is 10.5 Å². The molecular weight excluding hydrogens is 268 g/mol. The Morgan fingerprint density at radius 3 is 2.90 bits per heavy atom. The third-order valence-corrected chi connectivity index (χ3v) is 4.29. The van der Waals surface area contributed by atoms with Crippen molar-refractivity contribution < 1.29 is 4.79 Å². The first-order valence-corrected chi connectivity index (χ1v) is 7.40. The number of amides is 1. The molecule has 0 bridgehead atoms. The van der Waals surface area contributed by atoms with E-state index in [1.807, 2.05) is 41.3 Å². The second kappa shape index (κ2) is 5.13. The van der Waals surface area contributed by atoms with Crippen LogP contribution in [0.3, 0.4) is 0 Å². The summed E-state index contributed by atoms with van der Waals surface area (Å²) in [5.74, 6) is -0.0302. The number of nitrogens with zero attached hydrogens (tertiary/aromatic N) is 1. The van der Waals surface area contributed by atoms with Crippen molar-refractivity contribution >= 4 is 27.5 Å². The van der Waals surface area contributed by atoms with Gasteiger partial charge in [-0.05, 0) is 30.0 Å². The van der Waals surface area contributed by atoms with Crippen LogP contribution in [0.2, 0.25) is 0 Å². The standard InChI is InChI=1S/C16H16N2OS/c1-11-4-3-5-12(8-11)10-17-16(19)14-9-15-13(18(14)2)6-7-20-15/h3-9H,10H2,1-2H3,(H,17,19). The zero-order chi connectivity index (χ0) is 14.1. The number of rotatable bonds is 3. The Labute approximate surface area is 121 Å². The van der Waals surface area contributed by atoms with Gasteiger partial charge in [0, 0.05) is 13.6 Å². The summed E-state index contributed by atoms with van der Waals surface area (Å²) in [6.45, 7) is 2.61. The maximum absolute atomic E-state index is 12.3. The average molecular weight is 284 g/mol. The monoisotopic (exact) mass is 284 g/mol. The van der Waals surface area contributed by atoms with Crippen molar-refractivity contribution in [3.8, 4) is 0 Å². The lowest BCUT2D eigenvalue weighted by Crippen LogP contribution is -2.24. The molecule has 102 valence electrons. The molecular formula is C16H16N2OS. The van der Waals surface area contributed by atoms with Crippen LogP contribution < -0.4 is 5.32 Å². The predicted octanol–water partition coefficient (Wildman–Crippen LogP) is 3.48. The van der Waals surface area contributed by atoms with E-state index in [1.165, 1.54) is 5.56 Å². The number of benzene rings is 1. The van der Waals surface area contributed by atoms with E-state index >= 15 is 0 Å². The van der Waals surface area contributed by atoms with Gasteiger partial charge in [-0.2, -0.15) is 0 Å². The molecule has 4 heteroatoms. The van der Waals surface area contributed by atoms with Gasteiger partial charge < -0.3 is 9.88 Å². The molecule has 2 aromatic heterocycles. The fourth-order valence-electron chi connectivity index (χ4n) is 2.36. The van der Waals surface area contributed by atoms with Gasteiger partial charge in [0.1, 0.15) is 5.69 Å². The molecule has 0 aliphatic carbocycles. The largest absolute Gasteiger partial charge is 0.347 e. The van der Waals surface area contributed by atoms with Crippen molar-refractivity contribution in [1.82, 2.24) is 9.88 Å². The van der Waals surface area contributed by atoms with Gasteiger partial charge in [0.15, 0.2) is 0 Å². The SMILES string of the molecule is Cc1cccc(CNC(=O)c2cc3sccc3n2C)c1. The average Bonchev–Trinajstić information content (AvgIpc) is 3.00. The molecule has 0 saturated carbocycles. The topological polar surface area (TPSA) is 34.0 Å².